The molecule has 1 aliphatic heterocycles. The summed E-state index contributed by atoms with van der Waals surface area (Å²) in [7, 11) is 0. The zero-order chi connectivity index (χ0) is 25.7. The number of benzene rings is 2. The van der Waals surface area contributed by atoms with Gasteiger partial charge in [-0.1, -0.05) is 60.7 Å². The van der Waals surface area contributed by atoms with Gasteiger partial charge < -0.3 is 20.1 Å². The van der Waals surface area contributed by atoms with E-state index in [2.05, 4.69) is 15.7 Å². The van der Waals surface area contributed by atoms with Crippen LogP contribution in [0.2, 0.25) is 0 Å². The van der Waals surface area contributed by atoms with Crippen LogP contribution in [-0.4, -0.2) is 41.0 Å². The summed E-state index contributed by atoms with van der Waals surface area (Å²) in [6, 6.07) is 17.6. The molecular weight excluding hydrogens is 460 g/mol. The monoisotopic (exact) mass is 488 g/mol. The third kappa shape index (κ3) is 5.30. The van der Waals surface area contributed by atoms with E-state index >= 15 is 0 Å². The number of nitrogens with one attached hydrogen (secondary N) is 2. The molecule has 0 bridgehead atoms. The molecular formula is C27H28N4O5. The molecule has 1 atom stereocenters. The molecule has 0 spiro atoms. The number of carbonyl (C=O) groups excluding carboxylic acids is 3. The van der Waals surface area contributed by atoms with Crippen molar-refractivity contribution >= 4 is 18.0 Å². The molecule has 9 heteroatoms. The highest BCUT2D eigenvalue weighted by Crippen LogP contribution is 2.28. The Balaban J connectivity index is 1.59. The van der Waals surface area contributed by atoms with Crippen LogP contribution in [0.4, 0.5) is 4.79 Å². The molecule has 9 nitrogen and oxygen atoms in total. The highest BCUT2D eigenvalue weighted by atomic mass is 16.5. The minimum Gasteiger partial charge on any atom is -0.463 e. The summed E-state index contributed by atoms with van der Waals surface area (Å²) >= 11 is 0. The number of carbonyl (C=O) groups is 3. The number of nitrogens with zero attached hydrogens (tertiary/aromatic N) is 2. The SMILES string of the molecule is CCOC(=O)C1=C(COC(=O)c2c(C)nn(Cc3ccccc3)c2C)NC(=O)NC1c1ccccc1. The number of hydrogen-bond acceptors (Lipinski definition) is 6. The van der Waals surface area contributed by atoms with Gasteiger partial charge in [-0.05, 0) is 31.9 Å². The molecule has 2 aromatic carbocycles. The third-order valence-electron chi connectivity index (χ3n) is 5.89. The van der Waals surface area contributed by atoms with Gasteiger partial charge in [-0.3, -0.25) is 4.68 Å². The van der Waals surface area contributed by atoms with E-state index in [4.69, 9.17) is 9.47 Å². The number of aromatic nitrogens is 2. The van der Waals surface area contributed by atoms with E-state index in [1.807, 2.05) is 48.5 Å². The van der Waals surface area contributed by atoms with E-state index in [0.29, 0.717) is 29.1 Å². The van der Waals surface area contributed by atoms with Gasteiger partial charge in [0, 0.05) is 0 Å². The molecule has 0 saturated carbocycles. The van der Waals surface area contributed by atoms with Crippen molar-refractivity contribution < 1.29 is 23.9 Å². The molecule has 2 N–H and O–H groups in total. The van der Waals surface area contributed by atoms with Gasteiger partial charge in [0.1, 0.15) is 12.2 Å². The standard InChI is InChI=1S/C27H28N4O5/c1-4-35-26(33)23-21(28-27(34)29-24(23)20-13-9-6-10-14-20)16-36-25(32)22-17(2)30-31(18(22)3)15-19-11-7-5-8-12-19/h5-14,24H,4,15-16H2,1-3H3,(H2,28,29,34). The number of rotatable bonds is 8. The molecule has 1 aliphatic rings. The molecule has 36 heavy (non-hydrogen) atoms. The van der Waals surface area contributed by atoms with Gasteiger partial charge in [-0.15, -0.1) is 0 Å². The van der Waals surface area contributed by atoms with Crippen LogP contribution in [0, 0.1) is 13.8 Å². The maximum Gasteiger partial charge on any atom is 0.342 e. The molecule has 186 valence electrons. The van der Waals surface area contributed by atoms with Gasteiger partial charge in [0.05, 0.1) is 41.9 Å². The summed E-state index contributed by atoms with van der Waals surface area (Å²) in [6.45, 7) is 5.60. The molecule has 2 heterocycles. The number of amides is 2. The first-order valence-electron chi connectivity index (χ1n) is 11.7. The minimum absolute atomic E-state index is 0.157. The Hall–Kier alpha value is -4.40. The van der Waals surface area contributed by atoms with E-state index < -0.39 is 24.0 Å². The van der Waals surface area contributed by atoms with Gasteiger partial charge in [0.15, 0.2) is 0 Å². The second-order valence-electron chi connectivity index (χ2n) is 8.32. The lowest BCUT2D eigenvalue weighted by molar-refractivity contribution is -0.139. The number of hydrogen-bond donors (Lipinski definition) is 2. The van der Waals surface area contributed by atoms with Crippen molar-refractivity contribution in [1.29, 1.82) is 0 Å². The first-order chi connectivity index (χ1) is 17.4. The summed E-state index contributed by atoms with van der Waals surface area (Å²) in [4.78, 5) is 38.4. The zero-order valence-electron chi connectivity index (χ0n) is 20.4. The lowest BCUT2D eigenvalue weighted by atomic mass is 9.95. The third-order valence-corrected chi connectivity index (χ3v) is 5.89. The fraction of sp³-hybridized carbons (Fsp3) is 0.259. The van der Waals surface area contributed by atoms with E-state index in [1.54, 1.807) is 37.6 Å². The average molecular weight is 489 g/mol. The number of aryl methyl sites for hydroxylation is 1. The van der Waals surface area contributed by atoms with E-state index in [-0.39, 0.29) is 24.5 Å². The first-order valence-corrected chi connectivity index (χ1v) is 11.7. The molecule has 0 radical (unpaired) electrons. The normalized spacial score (nSPS) is 15.2. The predicted molar refractivity (Wildman–Crippen MR) is 132 cm³/mol. The summed E-state index contributed by atoms with van der Waals surface area (Å²) < 4.78 is 12.6. The van der Waals surface area contributed by atoms with Crippen LogP contribution in [0.3, 0.4) is 0 Å². The summed E-state index contributed by atoms with van der Waals surface area (Å²) in [5.74, 6) is -1.20. The smallest absolute Gasteiger partial charge is 0.342 e. The van der Waals surface area contributed by atoms with Crippen molar-refractivity contribution in [1.82, 2.24) is 20.4 Å². The molecule has 0 aliphatic carbocycles. The lowest BCUT2D eigenvalue weighted by Gasteiger charge is -2.29. The summed E-state index contributed by atoms with van der Waals surface area (Å²) in [6.07, 6.45) is 0. The Morgan fingerprint density at radius 3 is 2.31 bits per heavy atom. The highest BCUT2D eigenvalue weighted by molar-refractivity contribution is 5.96. The van der Waals surface area contributed by atoms with Gasteiger partial charge in [0.2, 0.25) is 0 Å². The molecule has 1 aromatic heterocycles. The van der Waals surface area contributed by atoms with E-state index in [9.17, 15) is 14.4 Å². The number of esters is 2. The average Bonchev–Trinajstić information content (AvgIpc) is 3.15. The summed E-state index contributed by atoms with van der Waals surface area (Å²) in [5, 5.41) is 9.87. The van der Waals surface area contributed by atoms with Gasteiger partial charge >= 0.3 is 18.0 Å². The van der Waals surface area contributed by atoms with Crippen molar-refractivity contribution in [2.24, 2.45) is 0 Å². The molecule has 0 saturated heterocycles. The fourth-order valence-electron chi connectivity index (χ4n) is 4.19. The minimum atomic E-state index is -0.746. The van der Waals surface area contributed by atoms with Crippen LogP contribution in [-0.2, 0) is 20.8 Å². The Morgan fingerprint density at radius 1 is 0.972 bits per heavy atom. The largest absolute Gasteiger partial charge is 0.463 e. The van der Waals surface area contributed by atoms with Crippen molar-refractivity contribution in [2.75, 3.05) is 13.2 Å². The molecule has 3 aromatic rings. The molecule has 1 unspecified atom stereocenters. The van der Waals surface area contributed by atoms with Crippen LogP contribution >= 0.6 is 0 Å². The van der Waals surface area contributed by atoms with E-state index in [1.165, 1.54) is 0 Å². The second-order valence-corrected chi connectivity index (χ2v) is 8.32. The van der Waals surface area contributed by atoms with Crippen LogP contribution < -0.4 is 10.6 Å². The first kappa shape index (κ1) is 24.7. The fourth-order valence-corrected chi connectivity index (χ4v) is 4.19. The zero-order valence-corrected chi connectivity index (χ0v) is 20.4. The van der Waals surface area contributed by atoms with Crippen LogP contribution in [0.1, 0.15) is 45.8 Å². The molecule has 2 amide bonds. The predicted octanol–water partition coefficient (Wildman–Crippen LogP) is 3.58. The van der Waals surface area contributed by atoms with Crippen LogP contribution in [0.5, 0.6) is 0 Å². The number of ether oxygens (including phenoxy) is 2. The lowest BCUT2D eigenvalue weighted by Crippen LogP contribution is -2.47. The van der Waals surface area contributed by atoms with Gasteiger partial charge in [0.25, 0.3) is 0 Å². The summed E-state index contributed by atoms with van der Waals surface area (Å²) in [5.41, 5.74) is 3.66. The van der Waals surface area contributed by atoms with Gasteiger partial charge in [-0.25, -0.2) is 14.4 Å². The van der Waals surface area contributed by atoms with Crippen LogP contribution in [0.15, 0.2) is 71.9 Å². The van der Waals surface area contributed by atoms with Crippen molar-refractivity contribution in [3.63, 3.8) is 0 Å². The van der Waals surface area contributed by atoms with Crippen molar-refractivity contribution in [2.45, 2.75) is 33.4 Å². The Bertz CT molecular complexity index is 1300. The highest BCUT2D eigenvalue weighted by Gasteiger charge is 2.34. The Morgan fingerprint density at radius 2 is 1.64 bits per heavy atom. The quantitative estimate of drug-likeness (QED) is 0.469. The topological polar surface area (TPSA) is 112 Å². The molecule has 0 fully saturated rings. The molecule has 4 rings (SSSR count). The van der Waals surface area contributed by atoms with E-state index in [0.717, 1.165) is 5.56 Å². The van der Waals surface area contributed by atoms with Crippen molar-refractivity contribution in [3.8, 4) is 0 Å². The Labute approximate surface area is 209 Å². The Kier molecular flexibility index (Phi) is 7.48. The van der Waals surface area contributed by atoms with Crippen molar-refractivity contribution in [3.05, 3.63) is 100 Å². The van der Waals surface area contributed by atoms with Gasteiger partial charge in [-0.2, -0.15) is 5.10 Å². The van der Waals surface area contributed by atoms with Crippen LogP contribution in [0.25, 0.3) is 0 Å². The maximum atomic E-state index is 13.1. The maximum absolute atomic E-state index is 13.1. The second kappa shape index (κ2) is 10.9. The number of urea groups is 1.